The molecule has 1 amide bonds. The summed E-state index contributed by atoms with van der Waals surface area (Å²) in [5.74, 6) is 0.816. The lowest BCUT2D eigenvalue weighted by Crippen LogP contribution is -2.30. The van der Waals surface area contributed by atoms with Gasteiger partial charge in [0.2, 0.25) is 0 Å². The van der Waals surface area contributed by atoms with Gasteiger partial charge in [-0.1, -0.05) is 29.5 Å². The number of aryl methyl sites for hydroxylation is 2. The fourth-order valence-corrected chi connectivity index (χ4v) is 4.36. The first-order valence-corrected chi connectivity index (χ1v) is 11.9. The Morgan fingerprint density at radius 3 is 2.61 bits per heavy atom. The Bertz CT molecular complexity index is 1120. The highest BCUT2D eigenvalue weighted by Crippen LogP contribution is 2.23. The SMILES string of the molecule is Cc1ccc(NS(=O)(=O)c2ccc(OCC(=O)NCCSc3ncn[nH]3)c(C)c2)cc1. The summed E-state index contributed by atoms with van der Waals surface area (Å²) in [4.78, 5) is 16.1. The third-order valence-electron chi connectivity index (χ3n) is 4.18. The predicted octanol–water partition coefficient (Wildman–Crippen LogP) is 2.51. The molecule has 0 aliphatic rings. The molecule has 31 heavy (non-hydrogen) atoms. The number of nitrogens with one attached hydrogen (secondary N) is 3. The summed E-state index contributed by atoms with van der Waals surface area (Å²) in [6, 6.07) is 11.6. The molecular formula is C20H23N5O4S2. The van der Waals surface area contributed by atoms with E-state index in [-0.39, 0.29) is 17.4 Å². The summed E-state index contributed by atoms with van der Waals surface area (Å²) in [6.07, 6.45) is 1.42. The van der Waals surface area contributed by atoms with Crippen LogP contribution in [0.3, 0.4) is 0 Å². The Labute approximate surface area is 185 Å². The summed E-state index contributed by atoms with van der Waals surface area (Å²) >= 11 is 1.44. The van der Waals surface area contributed by atoms with E-state index in [2.05, 4.69) is 25.2 Å². The van der Waals surface area contributed by atoms with Crippen molar-refractivity contribution in [2.24, 2.45) is 0 Å². The van der Waals surface area contributed by atoms with E-state index in [0.717, 1.165) is 5.56 Å². The Balaban J connectivity index is 1.50. The van der Waals surface area contributed by atoms with Crippen LogP contribution in [0.5, 0.6) is 5.75 Å². The average Bonchev–Trinajstić information content (AvgIpc) is 3.25. The number of carbonyl (C=O) groups is 1. The van der Waals surface area contributed by atoms with Gasteiger partial charge in [0, 0.05) is 18.0 Å². The fraction of sp³-hybridized carbons (Fsp3) is 0.250. The second-order valence-corrected chi connectivity index (χ2v) is 9.44. The quantitative estimate of drug-likeness (QED) is 0.313. The number of nitrogens with zero attached hydrogens (tertiary/aromatic N) is 2. The van der Waals surface area contributed by atoms with E-state index in [4.69, 9.17) is 4.74 Å². The van der Waals surface area contributed by atoms with Crippen molar-refractivity contribution in [1.82, 2.24) is 20.5 Å². The molecule has 2 aromatic carbocycles. The number of aromatic amines is 1. The highest BCUT2D eigenvalue weighted by Gasteiger charge is 2.16. The zero-order chi connectivity index (χ0) is 22.3. The van der Waals surface area contributed by atoms with E-state index in [9.17, 15) is 13.2 Å². The van der Waals surface area contributed by atoms with Crippen LogP contribution < -0.4 is 14.8 Å². The molecule has 3 N–H and O–H groups in total. The number of thioether (sulfide) groups is 1. The van der Waals surface area contributed by atoms with Gasteiger partial charge in [0.15, 0.2) is 11.8 Å². The van der Waals surface area contributed by atoms with Crippen LogP contribution in [-0.2, 0) is 14.8 Å². The number of ether oxygens (including phenoxy) is 1. The molecule has 0 fully saturated rings. The maximum atomic E-state index is 12.6. The smallest absolute Gasteiger partial charge is 0.261 e. The number of H-pyrrole nitrogens is 1. The molecular weight excluding hydrogens is 438 g/mol. The number of sulfonamides is 1. The molecule has 11 heteroatoms. The van der Waals surface area contributed by atoms with E-state index >= 15 is 0 Å². The number of carbonyl (C=O) groups excluding carboxylic acids is 1. The van der Waals surface area contributed by atoms with Crippen molar-refractivity contribution in [3.63, 3.8) is 0 Å². The Morgan fingerprint density at radius 1 is 1.16 bits per heavy atom. The second-order valence-electron chi connectivity index (χ2n) is 6.68. The number of benzene rings is 2. The van der Waals surface area contributed by atoms with Crippen LogP contribution in [0.25, 0.3) is 0 Å². The number of anilines is 1. The van der Waals surface area contributed by atoms with Crippen LogP contribution in [0.15, 0.2) is 58.8 Å². The van der Waals surface area contributed by atoms with Gasteiger partial charge in [0.05, 0.1) is 4.90 Å². The van der Waals surface area contributed by atoms with Crippen LogP contribution in [0.4, 0.5) is 5.69 Å². The maximum Gasteiger partial charge on any atom is 0.261 e. The number of amides is 1. The average molecular weight is 462 g/mol. The highest BCUT2D eigenvalue weighted by molar-refractivity contribution is 7.99. The van der Waals surface area contributed by atoms with E-state index in [1.54, 1.807) is 25.1 Å². The standard InChI is InChI=1S/C20H23N5O4S2/c1-14-3-5-16(6-4-14)25-31(27,28)17-7-8-18(15(2)11-17)29-12-19(26)21-9-10-30-20-22-13-23-24-20/h3-8,11,13,25H,9-10,12H2,1-2H3,(H,21,26)(H,22,23,24). The lowest BCUT2D eigenvalue weighted by atomic mass is 10.2. The van der Waals surface area contributed by atoms with Crippen LogP contribution in [0.2, 0.25) is 0 Å². The summed E-state index contributed by atoms with van der Waals surface area (Å²) in [5, 5.41) is 9.91. The summed E-state index contributed by atoms with van der Waals surface area (Å²) < 4.78 is 33.3. The van der Waals surface area contributed by atoms with Gasteiger partial charge in [0.25, 0.3) is 15.9 Å². The van der Waals surface area contributed by atoms with Gasteiger partial charge in [-0.3, -0.25) is 14.6 Å². The van der Waals surface area contributed by atoms with Crippen molar-refractivity contribution >= 4 is 33.4 Å². The van der Waals surface area contributed by atoms with E-state index in [0.29, 0.717) is 34.5 Å². The van der Waals surface area contributed by atoms with Crippen molar-refractivity contribution in [1.29, 1.82) is 0 Å². The minimum atomic E-state index is -3.73. The van der Waals surface area contributed by atoms with Crippen molar-refractivity contribution in [3.05, 3.63) is 59.9 Å². The van der Waals surface area contributed by atoms with Crippen molar-refractivity contribution in [2.75, 3.05) is 23.6 Å². The monoisotopic (exact) mass is 461 g/mol. The van der Waals surface area contributed by atoms with Crippen LogP contribution in [-0.4, -0.2) is 48.4 Å². The topological polar surface area (TPSA) is 126 Å². The number of rotatable bonds is 10. The molecule has 0 atom stereocenters. The molecule has 0 saturated heterocycles. The molecule has 0 aliphatic carbocycles. The largest absolute Gasteiger partial charge is 0.484 e. The van der Waals surface area contributed by atoms with E-state index in [1.807, 2.05) is 19.1 Å². The minimum absolute atomic E-state index is 0.117. The highest BCUT2D eigenvalue weighted by atomic mass is 32.2. The molecule has 0 spiro atoms. The van der Waals surface area contributed by atoms with Gasteiger partial charge in [-0.05, 0) is 49.7 Å². The molecule has 0 bridgehead atoms. The van der Waals surface area contributed by atoms with E-state index < -0.39 is 10.0 Å². The number of aromatic nitrogens is 3. The summed E-state index contributed by atoms with van der Waals surface area (Å²) in [6.45, 7) is 3.94. The zero-order valence-electron chi connectivity index (χ0n) is 17.1. The molecule has 1 heterocycles. The van der Waals surface area contributed by atoms with Crippen LogP contribution in [0.1, 0.15) is 11.1 Å². The molecule has 0 radical (unpaired) electrons. The lowest BCUT2D eigenvalue weighted by Gasteiger charge is -2.12. The van der Waals surface area contributed by atoms with Crippen molar-refractivity contribution in [2.45, 2.75) is 23.9 Å². The Kier molecular flexibility index (Phi) is 7.53. The molecule has 1 aromatic heterocycles. The van der Waals surface area contributed by atoms with Gasteiger partial charge in [-0.2, -0.15) is 5.10 Å². The van der Waals surface area contributed by atoms with Crippen molar-refractivity contribution in [3.8, 4) is 5.75 Å². The van der Waals surface area contributed by atoms with Gasteiger partial charge >= 0.3 is 0 Å². The van der Waals surface area contributed by atoms with Crippen molar-refractivity contribution < 1.29 is 17.9 Å². The lowest BCUT2D eigenvalue weighted by molar-refractivity contribution is -0.122. The normalized spacial score (nSPS) is 11.2. The molecule has 164 valence electrons. The second kappa shape index (κ2) is 10.3. The summed E-state index contributed by atoms with van der Waals surface area (Å²) in [5.41, 5.74) is 2.14. The van der Waals surface area contributed by atoms with Gasteiger partial charge in [-0.15, -0.1) is 0 Å². The Hall–Kier alpha value is -3.05. The zero-order valence-corrected chi connectivity index (χ0v) is 18.7. The molecule has 0 aliphatic heterocycles. The van der Waals surface area contributed by atoms with Gasteiger partial charge in [-0.25, -0.2) is 13.4 Å². The molecule has 0 unspecified atom stereocenters. The first-order valence-electron chi connectivity index (χ1n) is 9.41. The first-order chi connectivity index (χ1) is 14.8. The number of hydrogen-bond donors (Lipinski definition) is 3. The Morgan fingerprint density at radius 2 is 1.94 bits per heavy atom. The van der Waals surface area contributed by atoms with E-state index in [1.165, 1.54) is 30.2 Å². The fourth-order valence-electron chi connectivity index (χ4n) is 2.58. The van der Waals surface area contributed by atoms with Gasteiger partial charge in [0.1, 0.15) is 12.1 Å². The third-order valence-corrected chi connectivity index (χ3v) is 6.43. The maximum absolute atomic E-state index is 12.6. The van der Waals surface area contributed by atoms with Crippen LogP contribution >= 0.6 is 11.8 Å². The third kappa shape index (κ3) is 6.72. The molecule has 0 saturated carbocycles. The molecule has 3 rings (SSSR count). The van der Waals surface area contributed by atoms with Crippen LogP contribution in [0, 0.1) is 13.8 Å². The molecule has 3 aromatic rings. The minimum Gasteiger partial charge on any atom is -0.484 e. The molecule has 9 nitrogen and oxygen atoms in total. The first kappa shape index (κ1) is 22.6. The van der Waals surface area contributed by atoms with Gasteiger partial charge < -0.3 is 10.1 Å². The number of hydrogen-bond acceptors (Lipinski definition) is 7. The summed E-state index contributed by atoms with van der Waals surface area (Å²) in [7, 11) is -3.73. The predicted molar refractivity (Wildman–Crippen MR) is 119 cm³/mol.